The number of piperidine rings is 2. The van der Waals surface area contributed by atoms with Crippen LogP contribution in [0.5, 0.6) is 0 Å². The number of hydrogen-bond donors (Lipinski definition) is 1. The highest BCUT2D eigenvalue weighted by atomic mass is 16.4. The SMILES string of the molecule is CN(Cc1ccccc1)C(=O)N1CCC(C(=O)N2CCCCC2C(=O)O)CC1. The van der Waals surface area contributed by atoms with E-state index in [0.717, 1.165) is 18.4 Å². The smallest absolute Gasteiger partial charge is 0.326 e. The monoisotopic (exact) mass is 387 g/mol. The second-order valence-corrected chi connectivity index (χ2v) is 7.77. The lowest BCUT2D eigenvalue weighted by atomic mass is 9.92. The third-order valence-electron chi connectivity index (χ3n) is 5.77. The summed E-state index contributed by atoms with van der Waals surface area (Å²) in [7, 11) is 1.79. The summed E-state index contributed by atoms with van der Waals surface area (Å²) in [5.74, 6) is -1.16. The normalized spacial score (nSPS) is 20.7. The van der Waals surface area contributed by atoms with Gasteiger partial charge < -0.3 is 19.8 Å². The van der Waals surface area contributed by atoms with Crippen molar-refractivity contribution < 1.29 is 19.5 Å². The van der Waals surface area contributed by atoms with Gasteiger partial charge in [-0.2, -0.15) is 0 Å². The first-order valence-corrected chi connectivity index (χ1v) is 10.0. The van der Waals surface area contributed by atoms with Gasteiger partial charge in [0, 0.05) is 39.1 Å². The highest BCUT2D eigenvalue weighted by molar-refractivity contribution is 5.85. The summed E-state index contributed by atoms with van der Waals surface area (Å²) in [6, 6.07) is 9.11. The molecule has 2 aliphatic heterocycles. The van der Waals surface area contributed by atoms with Crippen LogP contribution in [0.1, 0.15) is 37.7 Å². The number of hydrogen-bond acceptors (Lipinski definition) is 3. The molecule has 28 heavy (non-hydrogen) atoms. The van der Waals surface area contributed by atoms with Crippen molar-refractivity contribution in [2.75, 3.05) is 26.7 Å². The van der Waals surface area contributed by atoms with Crippen molar-refractivity contribution in [1.29, 1.82) is 0 Å². The van der Waals surface area contributed by atoms with Gasteiger partial charge in [0.15, 0.2) is 0 Å². The Morgan fingerprint density at radius 1 is 1.04 bits per heavy atom. The molecule has 1 atom stereocenters. The van der Waals surface area contributed by atoms with E-state index >= 15 is 0 Å². The van der Waals surface area contributed by atoms with Crippen LogP contribution >= 0.6 is 0 Å². The lowest BCUT2D eigenvalue weighted by molar-refractivity contribution is -0.154. The number of carboxylic acids is 1. The molecular weight excluding hydrogens is 358 g/mol. The largest absolute Gasteiger partial charge is 0.480 e. The third kappa shape index (κ3) is 4.64. The summed E-state index contributed by atoms with van der Waals surface area (Å²) in [5.41, 5.74) is 1.08. The Kier molecular flexibility index (Phi) is 6.54. The van der Waals surface area contributed by atoms with E-state index in [9.17, 15) is 19.5 Å². The predicted octanol–water partition coefficient (Wildman–Crippen LogP) is 2.42. The standard InChI is InChI=1S/C21H29N3O4/c1-22(15-16-7-3-2-4-8-16)21(28)23-13-10-17(11-14-23)19(25)24-12-6-5-9-18(24)20(26)27/h2-4,7-8,17-18H,5-6,9-15H2,1H3,(H,26,27). The van der Waals surface area contributed by atoms with Crippen molar-refractivity contribution in [3.63, 3.8) is 0 Å². The fourth-order valence-corrected chi connectivity index (χ4v) is 4.17. The second kappa shape index (κ2) is 9.08. The van der Waals surface area contributed by atoms with Gasteiger partial charge in [-0.1, -0.05) is 30.3 Å². The minimum absolute atomic E-state index is 0.0314. The third-order valence-corrected chi connectivity index (χ3v) is 5.77. The van der Waals surface area contributed by atoms with Crippen LogP contribution in [0.2, 0.25) is 0 Å². The van der Waals surface area contributed by atoms with Gasteiger partial charge in [-0.25, -0.2) is 9.59 Å². The van der Waals surface area contributed by atoms with Gasteiger partial charge in [0.2, 0.25) is 5.91 Å². The molecule has 2 fully saturated rings. The van der Waals surface area contributed by atoms with E-state index in [4.69, 9.17) is 0 Å². The van der Waals surface area contributed by atoms with Gasteiger partial charge in [0.1, 0.15) is 6.04 Å². The second-order valence-electron chi connectivity index (χ2n) is 7.77. The highest BCUT2D eigenvalue weighted by Crippen LogP contribution is 2.25. The molecule has 1 aromatic rings. The number of amides is 3. The highest BCUT2D eigenvalue weighted by Gasteiger charge is 2.37. The van der Waals surface area contributed by atoms with Gasteiger partial charge in [0.05, 0.1) is 0 Å². The van der Waals surface area contributed by atoms with E-state index in [1.165, 1.54) is 0 Å². The number of carbonyl (C=O) groups excluding carboxylic acids is 2. The fraction of sp³-hybridized carbons (Fsp3) is 0.571. The molecule has 7 nitrogen and oxygen atoms in total. The minimum Gasteiger partial charge on any atom is -0.480 e. The van der Waals surface area contributed by atoms with E-state index in [2.05, 4.69) is 0 Å². The zero-order chi connectivity index (χ0) is 20.1. The van der Waals surface area contributed by atoms with Crippen LogP contribution in [0.4, 0.5) is 4.79 Å². The Hall–Kier alpha value is -2.57. The van der Waals surface area contributed by atoms with Gasteiger partial charge in [-0.3, -0.25) is 4.79 Å². The lowest BCUT2D eigenvalue weighted by Gasteiger charge is -2.39. The van der Waals surface area contributed by atoms with Gasteiger partial charge in [0.25, 0.3) is 0 Å². The zero-order valence-electron chi connectivity index (χ0n) is 16.4. The first-order valence-electron chi connectivity index (χ1n) is 10.0. The molecule has 1 N–H and O–H groups in total. The van der Waals surface area contributed by atoms with Crippen molar-refractivity contribution in [3.8, 4) is 0 Å². The van der Waals surface area contributed by atoms with E-state index < -0.39 is 12.0 Å². The van der Waals surface area contributed by atoms with Crippen LogP contribution in [0.25, 0.3) is 0 Å². The molecule has 0 spiro atoms. The maximum atomic E-state index is 12.9. The first kappa shape index (κ1) is 20.2. The average Bonchev–Trinajstić information content (AvgIpc) is 2.73. The van der Waals surface area contributed by atoms with Crippen LogP contribution in [0.15, 0.2) is 30.3 Å². The Bertz CT molecular complexity index is 701. The number of aliphatic carboxylic acids is 1. The Balaban J connectivity index is 1.52. The number of carbonyl (C=O) groups is 3. The summed E-state index contributed by atoms with van der Waals surface area (Å²) in [5, 5.41) is 9.40. The molecule has 1 aromatic carbocycles. The summed E-state index contributed by atoms with van der Waals surface area (Å²) < 4.78 is 0. The molecule has 3 rings (SSSR count). The molecule has 0 aliphatic carbocycles. The molecular formula is C21H29N3O4. The molecule has 2 aliphatic rings. The number of benzene rings is 1. The van der Waals surface area contributed by atoms with E-state index in [0.29, 0.717) is 45.4 Å². The van der Waals surface area contributed by atoms with Crippen molar-refractivity contribution in [2.24, 2.45) is 5.92 Å². The van der Waals surface area contributed by atoms with Crippen molar-refractivity contribution in [1.82, 2.24) is 14.7 Å². The maximum Gasteiger partial charge on any atom is 0.326 e. The van der Waals surface area contributed by atoms with Gasteiger partial charge >= 0.3 is 12.0 Å². The molecule has 0 saturated carbocycles. The first-order chi connectivity index (χ1) is 13.5. The molecule has 7 heteroatoms. The van der Waals surface area contributed by atoms with Crippen LogP contribution in [-0.4, -0.2) is 70.4 Å². The Labute approximate surface area is 165 Å². The molecule has 0 bridgehead atoms. The topological polar surface area (TPSA) is 81.2 Å². The number of nitrogens with zero attached hydrogens (tertiary/aromatic N) is 3. The number of rotatable bonds is 4. The molecule has 2 saturated heterocycles. The molecule has 0 aromatic heterocycles. The molecule has 152 valence electrons. The molecule has 0 radical (unpaired) electrons. The fourth-order valence-electron chi connectivity index (χ4n) is 4.17. The average molecular weight is 387 g/mol. The zero-order valence-corrected chi connectivity index (χ0v) is 16.4. The van der Waals surface area contributed by atoms with Crippen molar-refractivity contribution in [2.45, 2.75) is 44.7 Å². The molecule has 2 heterocycles. The molecule has 1 unspecified atom stereocenters. The summed E-state index contributed by atoms with van der Waals surface area (Å²) >= 11 is 0. The van der Waals surface area contributed by atoms with Crippen LogP contribution in [-0.2, 0) is 16.1 Å². The van der Waals surface area contributed by atoms with Gasteiger partial charge in [-0.05, 0) is 37.7 Å². The predicted molar refractivity (Wildman–Crippen MR) is 105 cm³/mol. The number of likely N-dealkylation sites (tertiary alicyclic amines) is 2. The quantitative estimate of drug-likeness (QED) is 0.860. The van der Waals surface area contributed by atoms with Crippen molar-refractivity contribution in [3.05, 3.63) is 35.9 Å². The molecule has 3 amide bonds. The van der Waals surface area contributed by atoms with E-state index in [1.54, 1.807) is 21.7 Å². The van der Waals surface area contributed by atoms with Gasteiger partial charge in [-0.15, -0.1) is 0 Å². The van der Waals surface area contributed by atoms with E-state index in [-0.39, 0.29) is 17.9 Å². The minimum atomic E-state index is -0.914. The van der Waals surface area contributed by atoms with E-state index in [1.807, 2.05) is 30.3 Å². The Morgan fingerprint density at radius 3 is 2.36 bits per heavy atom. The maximum absolute atomic E-state index is 12.9. The summed E-state index contributed by atoms with van der Waals surface area (Å²) in [6.45, 7) is 2.13. The van der Waals surface area contributed by atoms with Crippen LogP contribution < -0.4 is 0 Å². The van der Waals surface area contributed by atoms with Crippen LogP contribution in [0.3, 0.4) is 0 Å². The summed E-state index contributed by atoms with van der Waals surface area (Å²) in [6.07, 6.45) is 3.42. The Morgan fingerprint density at radius 2 is 1.71 bits per heavy atom. The number of carboxylic acid groups (broad SMARTS) is 1. The van der Waals surface area contributed by atoms with Crippen LogP contribution in [0, 0.1) is 5.92 Å². The summed E-state index contributed by atoms with van der Waals surface area (Å²) in [4.78, 5) is 42.1. The number of urea groups is 1. The van der Waals surface area contributed by atoms with Crippen molar-refractivity contribution >= 4 is 17.9 Å². The lowest BCUT2D eigenvalue weighted by Crippen LogP contribution is -2.52.